The Bertz CT molecular complexity index is 341. The number of halogens is 5. The van der Waals surface area contributed by atoms with Crippen molar-refractivity contribution in [2.24, 2.45) is 0 Å². The second kappa shape index (κ2) is 4.11. The van der Waals surface area contributed by atoms with Gasteiger partial charge in [0.05, 0.1) is 0 Å². The molecule has 0 radical (unpaired) electrons. The van der Waals surface area contributed by atoms with Crippen LogP contribution in [0.3, 0.4) is 0 Å². The SMILES string of the molecule is [O-]OSc1c(F)c(F)c(F)c(F)c1F. The molecular formula is C6F5O2S-. The van der Waals surface area contributed by atoms with E-state index in [1.165, 1.54) is 0 Å². The van der Waals surface area contributed by atoms with Gasteiger partial charge in [-0.15, -0.1) is 0 Å². The molecule has 0 aliphatic heterocycles. The predicted octanol–water partition coefficient (Wildman–Crippen LogP) is 1.68. The zero-order valence-corrected chi connectivity index (χ0v) is 6.93. The summed E-state index contributed by atoms with van der Waals surface area (Å²) in [6.45, 7) is 0. The molecule has 1 rings (SSSR count). The van der Waals surface area contributed by atoms with Crippen LogP contribution in [0, 0.1) is 29.1 Å². The van der Waals surface area contributed by atoms with Gasteiger partial charge in [-0.1, -0.05) is 0 Å². The smallest absolute Gasteiger partial charge is 0.200 e. The van der Waals surface area contributed by atoms with Crippen molar-refractivity contribution in [2.75, 3.05) is 0 Å². The third kappa shape index (κ3) is 1.68. The van der Waals surface area contributed by atoms with E-state index in [4.69, 9.17) is 0 Å². The minimum Gasteiger partial charge on any atom is -0.710 e. The Morgan fingerprint density at radius 3 is 1.50 bits per heavy atom. The molecule has 0 aliphatic rings. The second-order valence-electron chi connectivity index (χ2n) is 2.05. The Kier molecular flexibility index (Phi) is 3.29. The van der Waals surface area contributed by atoms with Crippen LogP contribution in [0.4, 0.5) is 22.0 Å². The molecule has 8 heteroatoms. The van der Waals surface area contributed by atoms with Gasteiger partial charge < -0.3 is 9.59 Å². The van der Waals surface area contributed by atoms with E-state index in [1.807, 2.05) is 0 Å². The highest BCUT2D eigenvalue weighted by Gasteiger charge is 2.25. The second-order valence-corrected chi connectivity index (χ2v) is 2.76. The Labute approximate surface area is 78.4 Å². The highest BCUT2D eigenvalue weighted by atomic mass is 32.2. The molecule has 0 saturated heterocycles. The summed E-state index contributed by atoms with van der Waals surface area (Å²) in [6.07, 6.45) is 0. The molecule has 0 heterocycles. The standard InChI is InChI=1S/C6HF5O2S/c7-1-2(8)4(10)6(14-13-12)5(11)3(1)9/h12H/p-1. The highest BCUT2D eigenvalue weighted by Crippen LogP contribution is 2.30. The lowest BCUT2D eigenvalue weighted by atomic mass is 10.3. The summed E-state index contributed by atoms with van der Waals surface area (Å²) < 4.78 is 65.4. The third-order valence-corrected chi connectivity index (χ3v) is 1.88. The van der Waals surface area contributed by atoms with Crippen molar-refractivity contribution in [3.05, 3.63) is 29.1 Å². The molecular weight excluding hydrogens is 231 g/mol. The topological polar surface area (TPSA) is 32.3 Å². The molecule has 2 nitrogen and oxygen atoms in total. The van der Waals surface area contributed by atoms with Crippen molar-refractivity contribution in [1.82, 2.24) is 0 Å². The van der Waals surface area contributed by atoms with Crippen molar-refractivity contribution < 1.29 is 31.5 Å². The molecule has 0 aliphatic carbocycles. The fourth-order valence-corrected chi connectivity index (χ4v) is 1.09. The largest absolute Gasteiger partial charge is 0.710 e. The third-order valence-electron chi connectivity index (χ3n) is 1.29. The minimum atomic E-state index is -2.28. The van der Waals surface area contributed by atoms with E-state index in [0.717, 1.165) is 0 Å². The van der Waals surface area contributed by atoms with Crippen LogP contribution in [0.25, 0.3) is 0 Å². The maximum atomic E-state index is 12.6. The van der Waals surface area contributed by atoms with Gasteiger partial charge in [-0.05, 0) is 0 Å². The normalized spacial score (nSPS) is 10.7. The predicted molar refractivity (Wildman–Crippen MR) is 33.2 cm³/mol. The number of rotatable bonds is 2. The van der Waals surface area contributed by atoms with E-state index in [9.17, 15) is 27.2 Å². The molecule has 14 heavy (non-hydrogen) atoms. The summed E-state index contributed by atoms with van der Waals surface area (Å²) >= 11 is -0.487. The molecule has 0 aromatic heterocycles. The zero-order valence-electron chi connectivity index (χ0n) is 6.11. The zero-order chi connectivity index (χ0) is 10.9. The Balaban J connectivity index is 3.43. The van der Waals surface area contributed by atoms with Crippen LogP contribution in [0.2, 0.25) is 0 Å². The van der Waals surface area contributed by atoms with Crippen molar-refractivity contribution in [1.29, 1.82) is 0 Å². The Hall–Kier alpha value is -0.860. The lowest BCUT2D eigenvalue weighted by Gasteiger charge is -2.08. The molecule has 78 valence electrons. The van der Waals surface area contributed by atoms with Crippen molar-refractivity contribution in [3.63, 3.8) is 0 Å². The molecule has 1 aromatic rings. The highest BCUT2D eigenvalue weighted by molar-refractivity contribution is 7.94. The van der Waals surface area contributed by atoms with Crippen LogP contribution < -0.4 is 5.26 Å². The Morgan fingerprint density at radius 2 is 1.14 bits per heavy atom. The molecule has 0 atom stereocenters. The van der Waals surface area contributed by atoms with Gasteiger partial charge in [-0.2, -0.15) is 0 Å². The summed E-state index contributed by atoms with van der Waals surface area (Å²) in [6, 6.07) is 0. The number of hydrogen-bond donors (Lipinski definition) is 0. The van der Waals surface area contributed by atoms with Gasteiger partial charge in [0, 0.05) is 12.0 Å². The molecule has 0 spiro atoms. The monoisotopic (exact) mass is 231 g/mol. The van der Waals surface area contributed by atoms with Crippen LogP contribution in [-0.2, 0) is 4.33 Å². The fourth-order valence-electron chi connectivity index (χ4n) is 0.692. The first-order valence-corrected chi connectivity index (χ1v) is 3.72. The van der Waals surface area contributed by atoms with E-state index in [1.54, 1.807) is 0 Å². The molecule has 0 unspecified atom stereocenters. The van der Waals surface area contributed by atoms with Crippen LogP contribution in [0.5, 0.6) is 0 Å². The Morgan fingerprint density at radius 1 is 0.786 bits per heavy atom. The molecule has 0 N–H and O–H groups in total. The van der Waals surface area contributed by atoms with Gasteiger partial charge in [-0.3, -0.25) is 0 Å². The summed E-state index contributed by atoms with van der Waals surface area (Å²) in [5.41, 5.74) is 0. The van der Waals surface area contributed by atoms with Gasteiger partial charge in [-0.25, -0.2) is 22.0 Å². The first-order valence-electron chi connectivity index (χ1n) is 2.98. The number of benzene rings is 1. The summed E-state index contributed by atoms with van der Waals surface area (Å²) in [5, 5.41) is 9.50. The summed E-state index contributed by atoms with van der Waals surface area (Å²) in [5.74, 6) is -10.7. The molecule has 0 amide bonds. The van der Waals surface area contributed by atoms with Gasteiger partial charge in [0.2, 0.25) is 5.82 Å². The maximum Gasteiger partial charge on any atom is 0.200 e. The lowest BCUT2D eigenvalue weighted by molar-refractivity contribution is -0.630. The quantitative estimate of drug-likeness (QED) is 0.194. The fraction of sp³-hybridized carbons (Fsp3) is 0. The van der Waals surface area contributed by atoms with Crippen molar-refractivity contribution in [2.45, 2.75) is 4.90 Å². The van der Waals surface area contributed by atoms with Crippen molar-refractivity contribution >= 4 is 12.0 Å². The molecule has 0 bridgehead atoms. The summed E-state index contributed by atoms with van der Waals surface area (Å²) in [4.78, 5) is -1.36. The minimum absolute atomic E-state index is 0.487. The molecule has 0 saturated carbocycles. The van der Waals surface area contributed by atoms with E-state index in [2.05, 4.69) is 4.33 Å². The average Bonchev–Trinajstić information content (AvgIpc) is 2.19. The van der Waals surface area contributed by atoms with Crippen LogP contribution in [0.15, 0.2) is 4.90 Å². The van der Waals surface area contributed by atoms with E-state index in [-0.39, 0.29) is 0 Å². The average molecular weight is 231 g/mol. The van der Waals surface area contributed by atoms with E-state index in [0.29, 0.717) is 0 Å². The van der Waals surface area contributed by atoms with Gasteiger partial charge >= 0.3 is 0 Å². The first kappa shape index (κ1) is 11.2. The summed E-state index contributed by atoms with van der Waals surface area (Å²) in [7, 11) is 0. The van der Waals surface area contributed by atoms with Crippen molar-refractivity contribution in [3.8, 4) is 0 Å². The number of hydrogen-bond acceptors (Lipinski definition) is 3. The van der Waals surface area contributed by atoms with Gasteiger partial charge in [0.1, 0.15) is 4.90 Å². The van der Waals surface area contributed by atoms with Crippen LogP contribution in [-0.4, -0.2) is 0 Å². The molecule has 1 aromatic carbocycles. The first-order chi connectivity index (χ1) is 6.50. The van der Waals surface area contributed by atoms with Crippen LogP contribution >= 0.6 is 12.0 Å². The maximum absolute atomic E-state index is 12.6. The van der Waals surface area contributed by atoms with E-state index >= 15 is 0 Å². The van der Waals surface area contributed by atoms with Crippen LogP contribution in [0.1, 0.15) is 0 Å². The molecule has 0 fully saturated rings. The van der Waals surface area contributed by atoms with Gasteiger partial charge in [0.25, 0.3) is 0 Å². The van der Waals surface area contributed by atoms with Gasteiger partial charge in [0.15, 0.2) is 23.3 Å². The van der Waals surface area contributed by atoms with E-state index < -0.39 is 46.0 Å². The lowest BCUT2D eigenvalue weighted by Crippen LogP contribution is -2.05.